The van der Waals surface area contributed by atoms with Gasteiger partial charge in [0.15, 0.2) is 0 Å². The zero-order valence-corrected chi connectivity index (χ0v) is 9.73. The van der Waals surface area contributed by atoms with Crippen molar-refractivity contribution in [3.63, 3.8) is 0 Å². The van der Waals surface area contributed by atoms with E-state index in [2.05, 4.69) is 35.1 Å². The molecule has 2 atom stereocenters. The van der Waals surface area contributed by atoms with E-state index < -0.39 is 0 Å². The van der Waals surface area contributed by atoms with Crippen molar-refractivity contribution in [2.75, 3.05) is 0 Å². The molecule has 1 aliphatic rings. The summed E-state index contributed by atoms with van der Waals surface area (Å²) in [5.41, 5.74) is 0. The van der Waals surface area contributed by atoms with Gasteiger partial charge in [-0.3, -0.25) is 0 Å². The molecule has 0 aromatic carbocycles. The molecule has 0 heterocycles. The van der Waals surface area contributed by atoms with Gasteiger partial charge in [-0.25, -0.2) is 0 Å². The van der Waals surface area contributed by atoms with Gasteiger partial charge in [0.1, 0.15) is 0 Å². The minimum atomic E-state index is 0.640. The lowest BCUT2D eigenvalue weighted by atomic mass is 10.1. The molecule has 1 nitrogen and oxygen atoms in total. The SMILES string of the molecule is CC(Br)CC(C)NC1CCCC1. The fourth-order valence-electron chi connectivity index (χ4n) is 2.05. The van der Waals surface area contributed by atoms with Crippen LogP contribution in [-0.2, 0) is 0 Å². The summed E-state index contributed by atoms with van der Waals surface area (Å²) in [6, 6.07) is 1.48. The lowest BCUT2D eigenvalue weighted by molar-refractivity contribution is 0.433. The van der Waals surface area contributed by atoms with Crippen molar-refractivity contribution in [3.8, 4) is 0 Å². The molecule has 1 aliphatic carbocycles. The van der Waals surface area contributed by atoms with E-state index in [4.69, 9.17) is 0 Å². The van der Waals surface area contributed by atoms with E-state index in [0.29, 0.717) is 10.9 Å². The first-order chi connectivity index (χ1) is 5.68. The van der Waals surface area contributed by atoms with Crippen molar-refractivity contribution in [1.82, 2.24) is 5.32 Å². The van der Waals surface area contributed by atoms with Gasteiger partial charge in [-0.2, -0.15) is 0 Å². The molecule has 0 aliphatic heterocycles. The molecule has 1 rings (SSSR count). The van der Waals surface area contributed by atoms with Crippen LogP contribution in [-0.4, -0.2) is 16.9 Å². The molecule has 0 bridgehead atoms. The van der Waals surface area contributed by atoms with Crippen LogP contribution in [0.15, 0.2) is 0 Å². The molecule has 2 unspecified atom stereocenters. The Morgan fingerprint density at radius 2 is 1.92 bits per heavy atom. The third-order valence-corrected chi connectivity index (χ3v) is 2.93. The molecule has 0 aromatic rings. The van der Waals surface area contributed by atoms with Gasteiger partial charge in [0, 0.05) is 16.9 Å². The van der Waals surface area contributed by atoms with Gasteiger partial charge in [0.2, 0.25) is 0 Å². The topological polar surface area (TPSA) is 12.0 Å². The van der Waals surface area contributed by atoms with E-state index in [1.807, 2.05) is 0 Å². The Morgan fingerprint density at radius 1 is 1.33 bits per heavy atom. The number of alkyl halides is 1. The third kappa shape index (κ3) is 3.90. The second-order valence-electron chi connectivity index (χ2n) is 4.07. The Labute approximate surface area is 84.4 Å². The molecule has 72 valence electrons. The summed E-state index contributed by atoms with van der Waals surface area (Å²) in [7, 11) is 0. The zero-order valence-electron chi connectivity index (χ0n) is 8.15. The number of halogens is 1. The first kappa shape index (κ1) is 10.5. The van der Waals surface area contributed by atoms with Gasteiger partial charge >= 0.3 is 0 Å². The second kappa shape index (κ2) is 5.23. The number of hydrogen-bond acceptors (Lipinski definition) is 1. The number of nitrogens with one attached hydrogen (secondary N) is 1. The summed E-state index contributed by atoms with van der Waals surface area (Å²) in [5, 5.41) is 3.68. The van der Waals surface area contributed by atoms with Crippen LogP contribution >= 0.6 is 15.9 Å². The Kier molecular flexibility index (Phi) is 4.59. The first-order valence-corrected chi connectivity index (χ1v) is 6.00. The fourth-order valence-corrected chi connectivity index (χ4v) is 2.61. The number of hydrogen-bond donors (Lipinski definition) is 1. The molecule has 1 N–H and O–H groups in total. The molecule has 0 spiro atoms. The summed E-state index contributed by atoms with van der Waals surface area (Å²) >= 11 is 3.58. The van der Waals surface area contributed by atoms with Crippen LogP contribution in [0.4, 0.5) is 0 Å². The smallest absolute Gasteiger partial charge is 0.0132 e. The lowest BCUT2D eigenvalue weighted by Gasteiger charge is -2.19. The van der Waals surface area contributed by atoms with E-state index in [0.717, 1.165) is 6.04 Å². The maximum atomic E-state index is 3.68. The Bertz CT molecular complexity index is 119. The van der Waals surface area contributed by atoms with Crippen LogP contribution in [0.2, 0.25) is 0 Å². The summed E-state index contributed by atoms with van der Waals surface area (Å²) in [6.07, 6.45) is 6.86. The van der Waals surface area contributed by atoms with Crippen molar-refractivity contribution >= 4 is 15.9 Å². The van der Waals surface area contributed by atoms with Crippen molar-refractivity contribution < 1.29 is 0 Å². The van der Waals surface area contributed by atoms with Crippen LogP contribution < -0.4 is 5.32 Å². The third-order valence-electron chi connectivity index (χ3n) is 2.55. The first-order valence-electron chi connectivity index (χ1n) is 5.08. The van der Waals surface area contributed by atoms with Gasteiger partial charge in [-0.05, 0) is 26.2 Å². The maximum absolute atomic E-state index is 3.68. The van der Waals surface area contributed by atoms with Crippen LogP contribution in [0.25, 0.3) is 0 Å². The monoisotopic (exact) mass is 233 g/mol. The van der Waals surface area contributed by atoms with Gasteiger partial charge in [0.25, 0.3) is 0 Å². The molecule has 0 aromatic heterocycles. The van der Waals surface area contributed by atoms with Crippen molar-refractivity contribution in [2.45, 2.75) is 62.9 Å². The molecular weight excluding hydrogens is 214 g/mol. The van der Waals surface area contributed by atoms with Crippen molar-refractivity contribution in [3.05, 3.63) is 0 Å². The average molecular weight is 234 g/mol. The molecule has 1 fully saturated rings. The molecule has 12 heavy (non-hydrogen) atoms. The van der Waals surface area contributed by atoms with Gasteiger partial charge < -0.3 is 5.32 Å². The standard InChI is InChI=1S/C10H20BrN/c1-8(11)7-9(2)12-10-5-3-4-6-10/h8-10,12H,3-7H2,1-2H3. The predicted molar refractivity (Wildman–Crippen MR) is 57.9 cm³/mol. The largest absolute Gasteiger partial charge is 0.311 e. The highest BCUT2D eigenvalue weighted by Crippen LogP contribution is 2.19. The highest BCUT2D eigenvalue weighted by Gasteiger charge is 2.17. The van der Waals surface area contributed by atoms with E-state index in [9.17, 15) is 0 Å². The van der Waals surface area contributed by atoms with Crippen LogP contribution in [0.5, 0.6) is 0 Å². The summed E-state index contributed by atoms with van der Waals surface area (Å²) < 4.78 is 0. The van der Waals surface area contributed by atoms with Crippen LogP contribution in [0.3, 0.4) is 0 Å². The van der Waals surface area contributed by atoms with E-state index in [-0.39, 0.29) is 0 Å². The molecule has 1 saturated carbocycles. The lowest BCUT2D eigenvalue weighted by Crippen LogP contribution is -2.35. The van der Waals surface area contributed by atoms with Crippen molar-refractivity contribution in [2.24, 2.45) is 0 Å². The highest BCUT2D eigenvalue weighted by molar-refractivity contribution is 9.09. The van der Waals surface area contributed by atoms with Crippen molar-refractivity contribution in [1.29, 1.82) is 0 Å². The van der Waals surface area contributed by atoms with E-state index in [1.54, 1.807) is 0 Å². The minimum absolute atomic E-state index is 0.640. The Hall–Kier alpha value is 0.440. The van der Waals surface area contributed by atoms with Gasteiger partial charge in [-0.1, -0.05) is 35.7 Å². The van der Waals surface area contributed by atoms with Gasteiger partial charge in [-0.15, -0.1) is 0 Å². The zero-order chi connectivity index (χ0) is 8.97. The normalized spacial score (nSPS) is 24.2. The number of rotatable bonds is 4. The van der Waals surface area contributed by atoms with E-state index >= 15 is 0 Å². The highest BCUT2D eigenvalue weighted by atomic mass is 79.9. The Morgan fingerprint density at radius 3 is 2.42 bits per heavy atom. The summed E-state index contributed by atoms with van der Waals surface area (Å²) in [6.45, 7) is 4.50. The summed E-state index contributed by atoms with van der Waals surface area (Å²) in [5.74, 6) is 0. The molecule has 2 heteroatoms. The van der Waals surface area contributed by atoms with Crippen LogP contribution in [0, 0.1) is 0 Å². The van der Waals surface area contributed by atoms with Gasteiger partial charge in [0.05, 0.1) is 0 Å². The maximum Gasteiger partial charge on any atom is 0.0132 e. The van der Waals surface area contributed by atoms with Crippen LogP contribution in [0.1, 0.15) is 46.0 Å². The molecular formula is C10H20BrN. The average Bonchev–Trinajstić information content (AvgIpc) is 2.37. The predicted octanol–water partition coefficient (Wildman–Crippen LogP) is 3.08. The Balaban J connectivity index is 2.11. The fraction of sp³-hybridized carbons (Fsp3) is 1.00. The molecule has 0 amide bonds. The quantitative estimate of drug-likeness (QED) is 0.737. The molecule has 0 radical (unpaired) electrons. The minimum Gasteiger partial charge on any atom is -0.311 e. The van der Waals surface area contributed by atoms with E-state index in [1.165, 1.54) is 32.1 Å². The molecule has 0 saturated heterocycles. The second-order valence-corrected chi connectivity index (χ2v) is 5.63. The summed E-state index contributed by atoms with van der Waals surface area (Å²) in [4.78, 5) is 0.640.